The molecule has 30 heavy (non-hydrogen) atoms. The third-order valence-corrected chi connectivity index (χ3v) is 8.64. The fourth-order valence-electron chi connectivity index (χ4n) is 3.79. The number of benzene rings is 2. The van der Waals surface area contributed by atoms with Crippen LogP contribution in [0.25, 0.3) is 0 Å². The van der Waals surface area contributed by atoms with Gasteiger partial charge >= 0.3 is 0 Å². The van der Waals surface area contributed by atoms with Crippen LogP contribution < -0.4 is 4.74 Å². The van der Waals surface area contributed by atoms with Crippen LogP contribution in [0.5, 0.6) is 5.75 Å². The number of rotatable bonds is 7. The van der Waals surface area contributed by atoms with Crippen LogP contribution in [-0.4, -0.2) is 66.5 Å². The van der Waals surface area contributed by atoms with Gasteiger partial charge in [-0.05, 0) is 47.6 Å². The lowest BCUT2D eigenvalue weighted by molar-refractivity contribution is -0.135. The van der Waals surface area contributed by atoms with Gasteiger partial charge in [-0.15, -0.1) is 23.5 Å². The highest BCUT2D eigenvalue weighted by atomic mass is 32.2. The molecule has 1 amide bonds. The molecule has 0 aliphatic carbocycles. The average Bonchev–Trinajstić information content (AvgIpc) is 2.83. The van der Waals surface area contributed by atoms with Crippen molar-refractivity contribution in [2.45, 2.75) is 17.4 Å². The van der Waals surface area contributed by atoms with Crippen LogP contribution in [0.2, 0.25) is 0 Å². The Morgan fingerprint density at radius 1 is 0.933 bits per heavy atom. The number of thioether (sulfide) groups is 2. The van der Waals surface area contributed by atoms with Crippen molar-refractivity contribution in [2.24, 2.45) is 0 Å². The molecule has 6 heteroatoms. The van der Waals surface area contributed by atoms with E-state index >= 15 is 0 Å². The van der Waals surface area contributed by atoms with Crippen LogP contribution in [0.15, 0.2) is 54.6 Å². The van der Waals surface area contributed by atoms with E-state index in [0.717, 1.165) is 44.9 Å². The second kappa shape index (κ2) is 11.1. The molecular formula is C24H30N2O2S2. The van der Waals surface area contributed by atoms with Crippen molar-refractivity contribution in [3.05, 3.63) is 65.7 Å². The van der Waals surface area contributed by atoms with Gasteiger partial charge in [0, 0.05) is 32.7 Å². The highest BCUT2D eigenvalue weighted by Crippen LogP contribution is 2.43. The van der Waals surface area contributed by atoms with Crippen molar-refractivity contribution in [2.75, 3.05) is 50.8 Å². The Labute approximate surface area is 188 Å². The van der Waals surface area contributed by atoms with Crippen LogP contribution >= 0.6 is 23.5 Å². The molecular weight excluding hydrogens is 412 g/mol. The van der Waals surface area contributed by atoms with E-state index in [1.54, 1.807) is 0 Å². The van der Waals surface area contributed by atoms with E-state index in [-0.39, 0.29) is 12.5 Å². The van der Waals surface area contributed by atoms with Crippen LogP contribution in [0.1, 0.15) is 22.1 Å². The summed E-state index contributed by atoms with van der Waals surface area (Å²) in [6.45, 7) is 4.61. The minimum atomic E-state index is 0.0835. The lowest BCUT2D eigenvalue weighted by Crippen LogP contribution is -2.50. The Hall–Kier alpha value is -1.63. The van der Waals surface area contributed by atoms with Crippen molar-refractivity contribution in [1.29, 1.82) is 0 Å². The molecule has 2 aliphatic heterocycles. The summed E-state index contributed by atoms with van der Waals surface area (Å²) < 4.78 is 6.31. The van der Waals surface area contributed by atoms with E-state index in [1.807, 2.05) is 40.6 Å². The summed E-state index contributed by atoms with van der Waals surface area (Å²) in [7, 11) is 0. The van der Waals surface area contributed by atoms with Gasteiger partial charge in [0.05, 0.1) is 4.58 Å². The van der Waals surface area contributed by atoms with Gasteiger partial charge in [-0.1, -0.05) is 42.5 Å². The molecule has 0 aromatic heterocycles. The zero-order chi connectivity index (χ0) is 20.6. The molecule has 0 bridgehead atoms. The molecule has 2 fully saturated rings. The second-order valence-electron chi connectivity index (χ2n) is 7.74. The molecule has 4 nitrogen and oxygen atoms in total. The third-order valence-electron chi connectivity index (χ3n) is 5.63. The maximum atomic E-state index is 12.5. The zero-order valence-corrected chi connectivity index (χ0v) is 19.0. The van der Waals surface area contributed by atoms with Gasteiger partial charge < -0.3 is 9.64 Å². The molecule has 2 heterocycles. The first-order valence-electron chi connectivity index (χ1n) is 10.8. The standard InChI is InChI=1S/C24H30N2O2S2/c27-23(19-28-22-9-7-21(8-10-22)24-29-17-4-18-30-24)26-15-13-25(14-16-26)12-11-20-5-2-1-3-6-20/h1-3,5-10,24H,4,11-19H2. The van der Waals surface area contributed by atoms with Crippen molar-refractivity contribution < 1.29 is 9.53 Å². The smallest absolute Gasteiger partial charge is 0.260 e. The van der Waals surface area contributed by atoms with Gasteiger partial charge in [-0.25, -0.2) is 0 Å². The normalized spacial score (nSPS) is 18.3. The summed E-state index contributed by atoms with van der Waals surface area (Å²) in [5.41, 5.74) is 2.71. The van der Waals surface area contributed by atoms with Crippen molar-refractivity contribution in [3.63, 3.8) is 0 Å². The SMILES string of the molecule is O=C(COc1ccc(C2SCCCS2)cc1)N1CCN(CCc2ccccc2)CC1. The third kappa shape index (κ3) is 6.19. The zero-order valence-electron chi connectivity index (χ0n) is 17.4. The molecule has 0 unspecified atom stereocenters. The number of carbonyl (C=O) groups excluding carboxylic acids is 1. The van der Waals surface area contributed by atoms with Gasteiger partial charge in [0.1, 0.15) is 5.75 Å². The lowest BCUT2D eigenvalue weighted by Gasteiger charge is -2.34. The molecule has 2 aromatic rings. The number of amides is 1. The topological polar surface area (TPSA) is 32.8 Å². The number of ether oxygens (including phenoxy) is 1. The summed E-state index contributed by atoms with van der Waals surface area (Å²) in [6, 6.07) is 18.9. The number of carbonyl (C=O) groups is 1. The second-order valence-corrected chi connectivity index (χ2v) is 10.5. The predicted octanol–water partition coefficient (Wildman–Crippen LogP) is 4.32. The Morgan fingerprint density at radius 3 is 2.33 bits per heavy atom. The van der Waals surface area contributed by atoms with Gasteiger partial charge in [-0.3, -0.25) is 9.69 Å². The molecule has 0 radical (unpaired) electrons. The van der Waals surface area contributed by atoms with Crippen molar-refractivity contribution in [3.8, 4) is 5.75 Å². The minimum Gasteiger partial charge on any atom is -0.484 e. The largest absolute Gasteiger partial charge is 0.484 e. The monoisotopic (exact) mass is 442 g/mol. The van der Waals surface area contributed by atoms with Crippen molar-refractivity contribution >= 4 is 29.4 Å². The lowest BCUT2D eigenvalue weighted by atomic mass is 10.1. The molecule has 160 valence electrons. The molecule has 2 aromatic carbocycles. The molecule has 0 saturated carbocycles. The summed E-state index contributed by atoms with van der Waals surface area (Å²) in [5, 5.41) is 0. The van der Waals surface area contributed by atoms with E-state index in [4.69, 9.17) is 4.74 Å². The predicted molar refractivity (Wildman–Crippen MR) is 127 cm³/mol. The van der Waals surface area contributed by atoms with E-state index in [2.05, 4.69) is 47.4 Å². The Bertz CT molecular complexity index is 787. The first-order chi connectivity index (χ1) is 14.8. The summed E-state index contributed by atoms with van der Waals surface area (Å²) >= 11 is 4.04. The van der Waals surface area contributed by atoms with Gasteiger partial charge in [0.15, 0.2) is 6.61 Å². The summed E-state index contributed by atoms with van der Waals surface area (Å²) in [4.78, 5) is 16.9. The van der Waals surface area contributed by atoms with Crippen LogP contribution in [-0.2, 0) is 11.2 Å². The summed E-state index contributed by atoms with van der Waals surface area (Å²) in [6.07, 6.45) is 2.36. The maximum absolute atomic E-state index is 12.5. The molecule has 2 saturated heterocycles. The summed E-state index contributed by atoms with van der Waals surface area (Å²) in [5.74, 6) is 3.34. The van der Waals surface area contributed by atoms with Crippen molar-refractivity contribution in [1.82, 2.24) is 9.80 Å². The van der Waals surface area contributed by atoms with E-state index < -0.39 is 0 Å². The number of hydrogen-bond acceptors (Lipinski definition) is 5. The number of hydrogen-bond donors (Lipinski definition) is 0. The molecule has 4 rings (SSSR count). The number of nitrogens with zero attached hydrogens (tertiary/aromatic N) is 2. The fraction of sp³-hybridized carbons (Fsp3) is 0.458. The van der Waals surface area contributed by atoms with Gasteiger partial charge in [-0.2, -0.15) is 0 Å². The highest BCUT2D eigenvalue weighted by molar-refractivity contribution is 8.16. The quantitative estimate of drug-likeness (QED) is 0.638. The molecule has 0 N–H and O–H groups in total. The Balaban J connectivity index is 1.17. The Morgan fingerprint density at radius 2 is 1.63 bits per heavy atom. The van der Waals surface area contributed by atoms with E-state index in [1.165, 1.54) is 29.1 Å². The highest BCUT2D eigenvalue weighted by Gasteiger charge is 2.21. The van der Waals surface area contributed by atoms with Crippen LogP contribution in [0.4, 0.5) is 0 Å². The first-order valence-corrected chi connectivity index (χ1v) is 12.9. The molecule has 0 spiro atoms. The molecule has 0 atom stereocenters. The average molecular weight is 443 g/mol. The van der Waals surface area contributed by atoms with E-state index in [0.29, 0.717) is 4.58 Å². The number of piperazine rings is 1. The van der Waals surface area contributed by atoms with Gasteiger partial charge in [0.2, 0.25) is 0 Å². The van der Waals surface area contributed by atoms with E-state index in [9.17, 15) is 4.79 Å². The van der Waals surface area contributed by atoms with Crippen LogP contribution in [0, 0.1) is 0 Å². The molecule has 2 aliphatic rings. The minimum absolute atomic E-state index is 0.0835. The first kappa shape index (κ1) is 21.6. The Kier molecular flexibility index (Phi) is 8.01. The maximum Gasteiger partial charge on any atom is 0.260 e. The van der Waals surface area contributed by atoms with Gasteiger partial charge in [0.25, 0.3) is 5.91 Å². The van der Waals surface area contributed by atoms with Crippen LogP contribution in [0.3, 0.4) is 0 Å². The fourth-order valence-corrected chi connectivity index (χ4v) is 6.68.